The number of piperazine rings is 1. The highest BCUT2D eigenvalue weighted by atomic mass is 16.3. The molecule has 0 radical (unpaired) electrons. The van der Waals surface area contributed by atoms with Crippen LogP contribution in [0.2, 0.25) is 0 Å². The van der Waals surface area contributed by atoms with Crippen LogP contribution in [0.15, 0.2) is 0 Å². The predicted octanol–water partition coefficient (Wildman–Crippen LogP) is 2.45. The van der Waals surface area contributed by atoms with Crippen molar-refractivity contribution >= 4 is 0 Å². The molecule has 1 saturated carbocycles. The number of aliphatic hydroxyl groups is 1. The molecule has 1 aliphatic heterocycles. The van der Waals surface area contributed by atoms with Gasteiger partial charge in [-0.2, -0.15) is 0 Å². The fourth-order valence-corrected chi connectivity index (χ4v) is 4.12. The second-order valence-electron chi connectivity index (χ2n) is 7.38. The molecule has 0 aromatic heterocycles. The molecule has 0 aromatic carbocycles. The standard InChI is InChI=1S/C17H34N2O/c1-5-15(4)19-8-6-18(7-9-19)12-16-14(3)10-13(2)11-17(16)20/h13-17,20H,5-12H2,1-4H3. The zero-order valence-electron chi connectivity index (χ0n) is 13.9. The lowest BCUT2D eigenvalue weighted by Gasteiger charge is -2.43. The van der Waals surface area contributed by atoms with Crippen molar-refractivity contribution in [2.24, 2.45) is 17.8 Å². The highest BCUT2D eigenvalue weighted by Gasteiger charge is 2.34. The summed E-state index contributed by atoms with van der Waals surface area (Å²) < 4.78 is 0. The fourth-order valence-electron chi connectivity index (χ4n) is 4.12. The lowest BCUT2D eigenvalue weighted by molar-refractivity contribution is -0.0120. The van der Waals surface area contributed by atoms with Crippen molar-refractivity contribution in [2.45, 2.75) is 59.1 Å². The lowest BCUT2D eigenvalue weighted by Crippen LogP contribution is -2.52. The van der Waals surface area contributed by atoms with E-state index < -0.39 is 0 Å². The Morgan fingerprint density at radius 2 is 1.75 bits per heavy atom. The van der Waals surface area contributed by atoms with Crippen LogP contribution in [0.4, 0.5) is 0 Å². The average molecular weight is 282 g/mol. The van der Waals surface area contributed by atoms with E-state index in [-0.39, 0.29) is 6.10 Å². The zero-order valence-corrected chi connectivity index (χ0v) is 13.9. The number of hydrogen-bond donors (Lipinski definition) is 1. The molecule has 1 saturated heterocycles. The molecule has 0 bridgehead atoms. The van der Waals surface area contributed by atoms with Gasteiger partial charge in [0.1, 0.15) is 0 Å². The molecule has 3 heteroatoms. The quantitative estimate of drug-likeness (QED) is 0.858. The molecule has 1 N–H and O–H groups in total. The predicted molar refractivity (Wildman–Crippen MR) is 84.8 cm³/mol. The Morgan fingerprint density at radius 3 is 2.30 bits per heavy atom. The van der Waals surface area contributed by atoms with Gasteiger partial charge >= 0.3 is 0 Å². The van der Waals surface area contributed by atoms with Crippen LogP contribution in [0.3, 0.4) is 0 Å². The van der Waals surface area contributed by atoms with E-state index in [2.05, 4.69) is 37.5 Å². The molecule has 0 amide bonds. The van der Waals surface area contributed by atoms with Gasteiger partial charge in [0, 0.05) is 44.7 Å². The average Bonchev–Trinajstić information content (AvgIpc) is 2.42. The van der Waals surface area contributed by atoms with Gasteiger partial charge in [0.25, 0.3) is 0 Å². The minimum absolute atomic E-state index is 0.0821. The van der Waals surface area contributed by atoms with Crippen molar-refractivity contribution in [2.75, 3.05) is 32.7 Å². The molecule has 3 nitrogen and oxygen atoms in total. The smallest absolute Gasteiger partial charge is 0.0585 e. The molecule has 5 atom stereocenters. The second kappa shape index (κ2) is 7.24. The molecule has 0 spiro atoms. The SMILES string of the molecule is CCC(C)N1CCN(CC2C(C)CC(C)CC2O)CC1. The second-order valence-corrected chi connectivity index (χ2v) is 7.38. The Hall–Kier alpha value is -0.120. The van der Waals surface area contributed by atoms with Crippen molar-refractivity contribution in [1.82, 2.24) is 9.80 Å². The van der Waals surface area contributed by atoms with Gasteiger partial charge in [-0.1, -0.05) is 20.8 Å². The summed E-state index contributed by atoms with van der Waals surface area (Å²) >= 11 is 0. The Kier molecular flexibility index (Phi) is 5.88. The molecular weight excluding hydrogens is 248 g/mol. The Morgan fingerprint density at radius 1 is 1.10 bits per heavy atom. The van der Waals surface area contributed by atoms with Gasteiger partial charge in [-0.25, -0.2) is 0 Å². The maximum absolute atomic E-state index is 10.4. The summed E-state index contributed by atoms with van der Waals surface area (Å²) in [4.78, 5) is 5.19. The molecule has 1 aliphatic carbocycles. The number of hydrogen-bond acceptors (Lipinski definition) is 3. The van der Waals surface area contributed by atoms with Gasteiger partial charge in [-0.3, -0.25) is 4.90 Å². The molecule has 0 aromatic rings. The number of rotatable bonds is 4. The molecule has 2 fully saturated rings. The largest absolute Gasteiger partial charge is 0.393 e. The third-order valence-electron chi connectivity index (χ3n) is 5.73. The minimum Gasteiger partial charge on any atom is -0.393 e. The maximum Gasteiger partial charge on any atom is 0.0585 e. The van der Waals surface area contributed by atoms with Crippen LogP contribution in [-0.4, -0.2) is 59.8 Å². The summed E-state index contributed by atoms with van der Waals surface area (Å²) in [5.41, 5.74) is 0. The summed E-state index contributed by atoms with van der Waals surface area (Å²) in [5, 5.41) is 10.4. The topological polar surface area (TPSA) is 26.7 Å². The van der Waals surface area contributed by atoms with Crippen molar-refractivity contribution in [3.63, 3.8) is 0 Å². The molecule has 2 aliphatic rings. The van der Waals surface area contributed by atoms with E-state index in [0.29, 0.717) is 17.8 Å². The van der Waals surface area contributed by atoms with Crippen LogP contribution in [0, 0.1) is 17.8 Å². The first kappa shape index (κ1) is 16.3. The monoisotopic (exact) mass is 282 g/mol. The lowest BCUT2D eigenvalue weighted by atomic mass is 9.73. The van der Waals surface area contributed by atoms with Gasteiger partial charge in [-0.15, -0.1) is 0 Å². The van der Waals surface area contributed by atoms with Crippen LogP contribution >= 0.6 is 0 Å². The third-order valence-corrected chi connectivity index (χ3v) is 5.73. The Bertz CT molecular complexity index is 277. The van der Waals surface area contributed by atoms with Crippen molar-refractivity contribution < 1.29 is 5.11 Å². The highest BCUT2D eigenvalue weighted by molar-refractivity contribution is 4.86. The van der Waals surface area contributed by atoms with Crippen LogP contribution in [0.25, 0.3) is 0 Å². The van der Waals surface area contributed by atoms with Crippen LogP contribution in [0.1, 0.15) is 47.0 Å². The first-order valence-corrected chi connectivity index (χ1v) is 8.65. The first-order valence-electron chi connectivity index (χ1n) is 8.65. The van der Waals surface area contributed by atoms with Gasteiger partial charge in [0.2, 0.25) is 0 Å². The first-order chi connectivity index (χ1) is 9.51. The van der Waals surface area contributed by atoms with Crippen LogP contribution in [0.5, 0.6) is 0 Å². The fraction of sp³-hybridized carbons (Fsp3) is 1.00. The van der Waals surface area contributed by atoms with E-state index in [1.807, 2.05) is 0 Å². The van der Waals surface area contributed by atoms with Gasteiger partial charge in [0.15, 0.2) is 0 Å². The van der Waals surface area contributed by atoms with Crippen LogP contribution in [-0.2, 0) is 0 Å². The van der Waals surface area contributed by atoms with E-state index in [4.69, 9.17) is 0 Å². The van der Waals surface area contributed by atoms with Crippen molar-refractivity contribution in [3.05, 3.63) is 0 Å². The maximum atomic E-state index is 10.4. The normalized spacial score (nSPS) is 38.9. The van der Waals surface area contributed by atoms with Crippen LogP contribution < -0.4 is 0 Å². The van der Waals surface area contributed by atoms with Gasteiger partial charge in [0.05, 0.1) is 6.10 Å². The van der Waals surface area contributed by atoms with E-state index in [0.717, 1.165) is 19.0 Å². The Labute approximate surface area is 125 Å². The summed E-state index contributed by atoms with van der Waals surface area (Å²) in [6, 6.07) is 0.720. The minimum atomic E-state index is -0.0821. The highest BCUT2D eigenvalue weighted by Crippen LogP contribution is 2.34. The van der Waals surface area contributed by atoms with Gasteiger partial charge < -0.3 is 10.0 Å². The van der Waals surface area contributed by atoms with E-state index in [1.54, 1.807) is 0 Å². The summed E-state index contributed by atoms with van der Waals surface area (Å²) in [7, 11) is 0. The molecule has 2 rings (SSSR count). The summed E-state index contributed by atoms with van der Waals surface area (Å²) in [6.45, 7) is 15.1. The molecule has 1 heterocycles. The van der Waals surface area contributed by atoms with Crippen molar-refractivity contribution in [1.29, 1.82) is 0 Å². The molecule has 5 unspecified atom stereocenters. The van der Waals surface area contributed by atoms with E-state index in [9.17, 15) is 5.11 Å². The zero-order chi connectivity index (χ0) is 14.7. The van der Waals surface area contributed by atoms with E-state index in [1.165, 1.54) is 39.0 Å². The number of nitrogens with zero attached hydrogens (tertiary/aromatic N) is 2. The third kappa shape index (κ3) is 3.96. The summed E-state index contributed by atoms with van der Waals surface area (Å²) in [6.07, 6.45) is 3.45. The summed E-state index contributed by atoms with van der Waals surface area (Å²) in [5.74, 6) is 1.85. The Balaban J connectivity index is 1.80. The molecular formula is C17H34N2O. The van der Waals surface area contributed by atoms with Gasteiger partial charge in [-0.05, 0) is 38.0 Å². The van der Waals surface area contributed by atoms with E-state index >= 15 is 0 Å². The molecule has 20 heavy (non-hydrogen) atoms. The molecule has 118 valence electrons. The van der Waals surface area contributed by atoms with Crippen molar-refractivity contribution in [3.8, 4) is 0 Å². The number of aliphatic hydroxyl groups excluding tert-OH is 1.